The van der Waals surface area contributed by atoms with Gasteiger partial charge in [-0.15, -0.1) is 5.10 Å². The first-order chi connectivity index (χ1) is 13.1. The Morgan fingerprint density at radius 2 is 1.85 bits per heavy atom. The zero-order valence-corrected chi connectivity index (χ0v) is 13.8. The van der Waals surface area contributed by atoms with E-state index in [0.717, 1.165) is 5.52 Å². The third-order valence-corrected chi connectivity index (χ3v) is 3.82. The first-order valence-electron chi connectivity index (χ1n) is 7.86. The summed E-state index contributed by atoms with van der Waals surface area (Å²) < 4.78 is 14.4. The van der Waals surface area contributed by atoms with Crippen LogP contribution in [0.3, 0.4) is 0 Å². The molecule has 0 atom stereocenters. The highest BCUT2D eigenvalue weighted by Crippen LogP contribution is 2.23. The van der Waals surface area contributed by atoms with Crippen molar-refractivity contribution in [1.29, 1.82) is 0 Å². The lowest BCUT2D eigenvalue weighted by Crippen LogP contribution is -2.30. The van der Waals surface area contributed by atoms with Gasteiger partial charge in [-0.05, 0) is 36.4 Å². The molecule has 0 saturated heterocycles. The number of aromatic nitrogens is 5. The summed E-state index contributed by atoms with van der Waals surface area (Å²) in [5.74, 6) is -0.391. The number of nitrogens with zero attached hydrogens (tertiary/aromatic N) is 5. The summed E-state index contributed by atoms with van der Waals surface area (Å²) in [6.07, 6.45) is 1.29. The van der Waals surface area contributed by atoms with Crippen LogP contribution in [0, 0.1) is 5.82 Å². The molecular weight excluding hydrogens is 351 g/mol. The van der Waals surface area contributed by atoms with Gasteiger partial charge in [0.25, 0.3) is 5.91 Å². The second-order valence-electron chi connectivity index (χ2n) is 5.54. The lowest BCUT2D eigenvalue weighted by Gasteiger charge is -2.12. The molecule has 9 nitrogen and oxygen atoms in total. The summed E-state index contributed by atoms with van der Waals surface area (Å²) in [6.45, 7) is 0. The van der Waals surface area contributed by atoms with Crippen molar-refractivity contribution in [2.75, 3.05) is 11.2 Å². The third kappa shape index (κ3) is 3.11. The Morgan fingerprint density at radius 3 is 2.67 bits per heavy atom. The summed E-state index contributed by atoms with van der Waals surface area (Å²) in [5.41, 5.74) is 13.1. The molecule has 0 spiro atoms. The summed E-state index contributed by atoms with van der Waals surface area (Å²) in [7, 11) is 0. The van der Waals surface area contributed by atoms with Crippen LogP contribution in [-0.4, -0.2) is 30.9 Å². The van der Waals surface area contributed by atoms with Crippen molar-refractivity contribution >= 4 is 28.4 Å². The van der Waals surface area contributed by atoms with Gasteiger partial charge in [-0.2, -0.15) is 4.68 Å². The number of nitrogens with two attached hydrogens (primary N) is 1. The van der Waals surface area contributed by atoms with Crippen LogP contribution < -0.4 is 16.6 Å². The number of halogens is 1. The van der Waals surface area contributed by atoms with E-state index in [2.05, 4.69) is 31.1 Å². The number of carbonyl (C=O) groups excluding carboxylic acids is 1. The monoisotopic (exact) mass is 364 g/mol. The predicted octanol–water partition coefficient (Wildman–Crippen LogP) is 1.69. The molecule has 134 valence electrons. The van der Waals surface area contributed by atoms with E-state index in [-0.39, 0.29) is 17.1 Å². The Bertz CT molecular complexity index is 1130. The van der Waals surface area contributed by atoms with Crippen LogP contribution in [0.15, 0.2) is 54.9 Å². The van der Waals surface area contributed by atoms with E-state index in [4.69, 9.17) is 5.73 Å². The van der Waals surface area contributed by atoms with Crippen molar-refractivity contribution in [2.24, 2.45) is 0 Å². The standard InChI is InChI=1S/C17H13FN8O/c18-11-7-5-10(6-8-11)17(27)24-23-15-14(19)16(21-9-20-15)26-13-4-2-1-3-12(13)22-25-26/h1-9H,19H2,(H,24,27)(H,20,21,23). The third-order valence-electron chi connectivity index (χ3n) is 3.82. The second kappa shape index (κ2) is 6.67. The summed E-state index contributed by atoms with van der Waals surface area (Å²) in [4.78, 5) is 20.3. The Labute approximate surface area is 152 Å². The molecule has 27 heavy (non-hydrogen) atoms. The lowest BCUT2D eigenvalue weighted by molar-refractivity contribution is 0.0962. The predicted molar refractivity (Wildman–Crippen MR) is 96.4 cm³/mol. The van der Waals surface area contributed by atoms with Gasteiger partial charge < -0.3 is 5.73 Å². The SMILES string of the molecule is Nc1c(NNC(=O)c2ccc(F)cc2)ncnc1-n1nnc2ccccc21. The van der Waals surface area contributed by atoms with Gasteiger partial charge in [0.1, 0.15) is 23.3 Å². The lowest BCUT2D eigenvalue weighted by atomic mass is 10.2. The molecule has 2 aromatic heterocycles. The van der Waals surface area contributed by atoms with E-state index in [0.29, 0.717) is 11.3 Å². The number of hydrogen-bond acceptors (Lipinski definition) is 7. The van der Waals surface area contributed by atoms with Gasteiger partial charge >= 0.3 is 0 Å². The minimum atomic E-state index is -0.472. The number of nitrogen functional groups attached to an aromatic ring is 1. The number of amides is 1. The molecular formula is C17H13FN8O. The maximum atomic E-state index is 12.9. The van der Waals surface area contributed by atoms with E-state index >= 15 is 0 Å². The smallest absolute Gasteiger partial charge is 0.269 e. The van der Waals surface area contributed by atoms with Gasteiger partial charge in [0.15, 0.2) is 11.6 Å². The summed E-state index contributed by atoms with van der Waals surface area (Å²) >= 11 is 0. The molecule has 0 bridgehead atoms. The van der Waals surface area contributed by atoms with E-state index in [1.54, 1.807) is 0 Å². The largest absolute Gasteiger partial charge is 0.393 e. The topological polar surface area (TPSA) is 124 Å². The van der Waals surface area contributed by atoms with Crippen LogP contribution in [0.1, 0.15) is 10.4 Å². The first-order valence-corrected chi connectivity index (χ1v) is 7.86. The summed E-state index contributed by atoms with van der Waals surface area (Å²) in [6, 6.07) is 12.5. The zero-order valence-electron chi connectivity index (χ0n) is 13.8. The molecule has 10 heteroatoms. The molecule has 0 radical (unpaired) electrons. The number of benzene rings is 2. The normalized spacial score (nSPS) is 10.7. The quantitative estimate of drug-likeness (QED) is 0.471. The fourth-order valence-electron chi connectivity index (χ4n) is 2.47. The van der Waals surface area contributed by atoms with E-state index in [1.165, 1.54) is 35.3 Å². The van der Waals surface area contributed by atoms with Crippen molar-refractivity contribution in [1.82, 2.24) is 30.4 Å². The van der Waals surface area contributed by atoms with Crippen LogP contribution in [0.5, 0.6) is 0 Å². The average molecular weight is 364 g/mol. The number of hydrogen-bond donors (Lipinski definition) is 3. The molecule has 0 aliphatic rings. The average Bonchev–Trinajstić information content (AvgIpc) is 3.11. The van der Waals surface area contributed by atoms with Gasteiger partial charge in [-0.25, -0.2) is 14.4 Å². The van der Waals surface area contributed by atoms with Gasteiger partial charge in [0.2, 0.25) is 0 Å². The molecule has 0 fully saturated rings. The Balaban J connectivity index is 1.59. The van der Waals surface area contributed by atoms with E-state index < -0.39 is 11.7 Å². The van der Waals surface area contributed by atoms with Gasteiger partial charge in [0.05, 0.1) is 5.52 Å². The molecule has 0 aliphatic heterocycles. The number of hydrazine groups is 1. The maximum Gasteiger partial charge on any atom is 0.269 e. The molecule has 2 aromatic carbocycles. The van der Waals surface area contributed by atoms with Crippen molar-refractivity contribution in [3.05, 3.63) is 66.2 Å². The fourth-order valence-corrected chi connectivity index (χ4v) is 2.47. The van der Waals surface area contributed by atoms with Crippen LogP contribution in [-0.2, 0) is 0 Å². The highest BCUT2D eigenvalue weighted by atomic mass is 19.1. The number of para-hydroxylation sites is 1. The molecule has 4 rings (SSSR count). The van der Waals surface area contributed by atoms with E-state index in [1.807, 2.05) is 24.3 Å². The number of fused-ring (bicyclic) bond motifs is 1. The number of nitrogens with one attached hydrogen (secondary N) is 2. The van der Waals surface area contributed by atoms with Crippen molar-refractivity contribution in [3.8, 4) is 5.82 Å². The highest BCUT2D eigenvalue weighted by Gasteiger charge is 2.15. The first kappa shape index (κ1) is 16.4. The molecule has 0 saturated carbocycles. The van der Waals surface area contributed by atoms with Crippen LogP contribution in [0.4, 0.5) is 15.9 Å². The van der Waals surface area contributed by atoms with Gasteiger partial charge in [-0.1, -0.05) is 17.3 Å². The van der Waals surface area contributed by atoms with Crippen LogP contribution in [0.2, 0.25) is 0 Å². The summed E-state index contributed by atoms with van der Waals surface area (Å²) in [5, 5.41) is 8.13. The molecule has 0 aliphatic carbocycles. The Hall–Kier alpha value is -4.08. The fraction of sp³-hybridized carbons (Fsp3) is 0. The van der Waals surface area contributed by atoms with Gasteiger partial charge in [0, 0.05) is 5.56 Å². The minimum Gasteiger partial charge on any atom is -0.393 e. The number of carbonyl (C=O) groups is 1. The zero-order chi connectivity index (χ0) is 18.8. The molecule has 4 aromatic rings. The maximum absolute atomic E-state index is 12.9. The molecule has 2 heterocycles. The highest BCUT2D eigenvalue weighted by molar-refractivity contribution is 5.95. The van der Waals surface area contributed by atoms with Crippen molar-refractivity contribution in [2.45, 2.75) is 0 Å². The second-order valence-corrected chi connectivity index (χ2v) is 5.54. The van der Waals surface area contributed by atoms with E-state index in [9.17, 15) is 9.18 Å². The number of rotatable bonds is 4. The number of anilines is 2. The molecule has 0 unspecified atom stereocenters. The van der Waals surface area contributed by atoms with Gasteiger partial charge in [-0.3, -0.25) is 15.6 Å². The van der Waals surface area contributed by atoms with Crippen molar-refractivity contribution in [3.63, 3.8) is 0 Å². The molecule has 4 N–H and O–H groups in total. The Kier molecular flexibility index (Phi) is 4.05. The minimum absolute atomic E-state index is 0.174. The van der Waals surface area contributed by atoms with Crippen LogP contribution in [0.25, 0.3) is 16.9 Å². The van der Waals surface area contributed by atoms with Crippen molar-refractivity contribution < 1.29 is 9.18 Å². The van der Waals surface area contributed by atoms with Crippen LogP contribution >= 0.6 is 0 Å². The molecule has 1 amide bonds. The Morgan fingerprint density at radius 1 is 1.07 bits per heavy atom.